The second kappa shape index (κ2) is 23.4. The molecule has 0 amide bonds. The molecule has 4 rings (SSSR count). The van der Waals surface area contributed by atoms with Crippen LogP contribution in [0.3, 0.4) is 0 Å². The zero-order valence-electron chi connectivity index (χ0n) is 27.9. The van der Waals surface area contributed by atoms with Gasteiger partial charge in [0.05, 0.1) is 0 Å². The van der Waals surface area contributed by atoms with Crippen LogP contribution in [0.2, 0.25) is 0 Å². The minimum atomic E-state index is 0.679. The summed E-state index contributed by atoms with van der Waals surface area (Å²) >= 11 is 0. The Hall–Kier alpha value is 0. The molecule has 4 fully saturated rings. The van der Waals surface area contributed by atoms with E-state index in [2.05, 4.69) is 55.4 Å². The van der Waals surface area contributed by atoms with Crippen LogP contribution in [0.15, 0.2) is 0 Å². The molecule has 4 aliphatic carbocycles. The first-order chi connectivity index (χ1) is 15.8. The van der Waals surface area contributed by atoms with E-state index < -0.39 is 0 Å². The average molecular weight is 485 g/mol. The predicted molar refractivity (Wildman–Crippen MR) is 165 cm³/mol. The van der Waals surface area contributed by atoms with Crippen LogP contribution in [0, 0.1) is 21.7 Å². The lowest BCUT2D eigenvalue weighted by atomic mass is 9.72. The minimum Gasteiger partial charge on any atom is -0.0683 e. The van der Waals surface area contributed by atoms with Gasteiger partial charge in [0.1, 0.15) is 0 Å². The fourth-order valence-corrected chi connectivity index (χ4v) is 3.97. The molecule has 0 unspecified atom stereocenters. The molecule has 0 aliphatic heterocycles. The Morgan fingerprint density at radius 3 is 0.441 bits per heavy atom. The van der Waals surface area contributed by atoms with Crippen molar-refractivity contribution < 1.29 is 0 Å². The third-order valence-electron chi connectivity index (χ3n) is 7.12. The van der Waals surface area contributed by atoms with Crippen molar-refractivity contribution in [1.82, 2.24) is 0 Å². The van der Waals surface area contributed by atoms with Gasteiger partial charge in [-0.1, -0.05) is 149 Å². The highest BCUT2D eigenvalue weighted by molar-refractivity contribution is 4.82. The van der Waals surface area contributed by atoms with Crippen LogP contribution in [-0.4, -0.2) is 0 Å². The normalized spacial score (nSPS) is 22.6. The van der Waals surface area contributed by atoms with Crippen LogP contribution in [0.4, 0.5) is 0 Å². The van der Waals surface area contributed by atoms with Crippen molar-refractivity contribution in [2.45, 2.75) is 201 Å². The smallest absolute Gasteiger partial charge is 0.0354 e. The van der Waals surface area contributed by atoms with Crippen LogP contribution in [0.5, 0.6) is 0 Å². The molecule has 0 N–H and O–H groups in total. The van der Waals surface area contributed by atoms with Gasteiger partial charge < -0.3 is 0 Å². The van der Waals surface area contributed by atoms with E-state index in [0.717, 1.165) is 10.8 Å². The molecule has 34 heavy (non-hydrogen) atoms. The molecular weight excluding hydrogens is 408 g/mol. The fourth-order valence-electron chi connectivity index (χ4n) is 3.97. The standard InChI is InChI=1S/C8H16.C7H14.C6H12.C5H10.4C2H6/c1-8(2)6-4-3-5-7-8;1-7(2)5-3-4-6-7;1-6(2)4-3-5-6;1-5(2)3-4-5;4*1-2/h3-7H2,1-2H3;3-6H2,1-2H3;3-5H2,1-2H3;3-4H2,1-2H3;4*1-2H3. The van der Waals surface area contributed by atoms with E-state index in [1.54, 1.807) is 0 Å². The lowest BCUT2D eigenvalue weighted by molar-refractivity contribution is 0.190. The van der Waals surface area contributed by atoms with E-state index in [1.165, 1.54) is 89.9 Å². The molecule has 0 aromatic carbocycles. The van der Waals surface area contributed by atoms with Gasteiger partial charge in [0.2, 0.25) is 0 Å². The van der Waals surface area contributed by atoms with E-state index in [0.29, 0.717) is 10.8 Å². The molecule has 0 heteroatoms. The summed E-state index contributed by atoms with van der Waals surface area (Å²) in [6.45, 7) is 34.7. The Kier molecular flexibility index (Phi) is 28.3. The Labute approximate surface area is 222 Å². The Bertz CT molecular complexity index is 355. The Balaban J connectivity index is -0.000000162. The van der Waals surface area contributed by atoms with Crippen molar-refractivity contribution in [2.24, 2.45) is 21.7 Å². The molecule has 0 nitrogen and oxygen atoms in total. The lowest BCUT2D eigenvalue weighted by Crippen LogP contribution is -2.20. The number of hydrogen-bond donors (Lipinski definition) is 0. The predicted octanol–water partition coefficient (Wildman–Crippen LogP) is 13.7. The molecule has 4 saturated carbocycles. The van der Waals surface area contributed by atoms with Gasteiger partial charge in [-0.25, -0.2) is 0 Å². The summed E-state index contributed by atoms with van der Waals surface area (Å²) in [6.07, 6.45) is 20.4. The maximum Gasteiger partial charge on any atom is -0.0354 e. The highest BCUT2D eigenvalue weighted by Crippen LogP contribution is 2.43. The number of rotatable bonds is 0. The van der Waals surface area contributed by atoms with E-state index in [1.807, 2.05) is 55.4 Å². The highest BCUT2D eigenvalue weighted by atomic mass is 14.4. The zero-order valence-corrected chi connectivity index (χ0v) is 27.9. The Morgan fingerprint density at radius 2 is 0.382 bits per heavy atom. The van der Waals surface area contributed by atoms with Gasteiger partial charge >= 0.3 is 0 Å². The molecule has 0 heterocycles. The summed E-state index contributed by atoms with van der Waals surface area (Å²) in [6, 6.07) is 0. The largest absolute Gasteiger partial charge is 0.0683 e. The van der Waals surface area contributed by atoms with Gasteiger partial charge in [0.25, 0.3) is 0 Å². The molecule has 0 spiro atoms. The first kappa shape index (κ1) is 41.1. The van der Waals surface area contributed by atoms with Crippen LogP contribution in [-0.2, 0) is 0 Å². The zero-order chi connectivity index (χ0) is 27.9. The monoisotopic (exact) mass is 485 g/mol. The molecule has 0 saturated heterocycles. The summed E-state index contributed by atoms with van der Waals surface area (Å²) in [5.74, 6) is 0. The van der Waals surface area contributed by atoms with Crippen molar-refractivity contribution in [1.29, 1.82) is 0 Å². The number of hydrogen-bond acceptors (Lipinski definition) is 0. The summed E-state index contributed by atoms with van der Waals surface area (Å²) in [4.78, 5) is 0. The highest BCUT2D eigenvalue weighted by Gasteiger charge is 2.30. The van der Waals surface area contributed by atoms with Crippen molar-refractivity contribution >= 4 is 0 Å². The van der Waals surface area contributed by atoms with Crippen molar-refractivity contribution in [3.05, 3.63) is 0 Å². The molecule has 4 aliphatic rings. The SMILES string of the molecule is CC.CC.CC.CC.CC1(C)CC1.CC1(C)CCC1.CC1(C)CCCC1.CC1(C)CCCCC1. The quantitative estimate of drug-likeness (QED) is 0.320. The first-order valence-electron chi connectivity index (χ1n) is 15.8. The van der Waals surface area contributed by atoms with E-state index in [-0.39, 0.29) is 0 Å². The fraction of sp³-hybridized carbons (Fsp3) is 1.00. The summed E-state index contributed by atoms with van der Waals surface area (Å²) in [7, 11) is 0. The molecule has 0 atom stereocenters. The van der Waals surface area contributed by atoms with Crippen molar-refractivity contribution in [3.63, 3.8) is 0 Å². The van der Waals surface area contributed by atoms with Crippen LogP contribution >= 0.6 is 0 Å². The molecule has 0 aromatic rings. The van der Waals surface area contributed by atoms with Crippen LogP contribution < -0.4 is 0 Å². The van der Waals surface area contributed by atoms with E-state index >= 15 is 0 Å². The summed E-state index contributed by atoms with van der Waals surface area (Å²) in [5.41, 5.74) is 2.85. The van der Waals surface area contributed by atoms with E-state index in [4.69, 9.17) is 0 Å². The molecule has 0 aromatic heterocycles. The minimum absolute atomic E-state index is 0.679. The third-order valence-corrected chi connectivity index (χ3v) is 7.12. The van der Waals surface area contributed by atoms with Crippen molar-refractivity contribution in [3.8, 4) is 0 Å². The molecular formula is C34H76. The summed E-state index contributed by atoms with van der Waals surface area (Å²) < 4.78 is 0. The molecule has 0 radical (unpaired) electrons. The van der Waals surface area contributed by atoms with Gasteiger partial charge in [0.15, 0.2) is 0 Å². The average Bonchev–Trinajstić information content (AvgIpc) is 3.35. The Morgan fingerprint density at radius 1 is 0.235 bits per heavy atom. The topological polar surface area (TPSA) is 0 Å². The second-order valence-corrected chi connectivity index (χ2v) is 12.8. The van der Waals surface area contributed by atoms with Gasteiger partial charge in [-0.3, -0.25) is 0 Å². The second-order valence-electron chi connectivity index (χ2n) is 12.8. The first-order valence-corrected chi connectivity index (χ1v) is 15.8. The van der Waals surface area contributed by atoms with Gasteiger partial charge in [-0.05, 0) is 73.0 Å². The van der Waals surface area contributed by atoms with Crippen molar-refractivity contribution in [2.75, 3.05) is 0 Å². The lowest BCUT2D eigenvalue weighted by Gasteiger charge is -2.33. The van der Waals surface area contributed by atoms with Crippen LogP contribution in [0.1, 0.15) is 201 Å². The maximum atomic E-state index is 2.38. The summed E-state index contributed by atoms with van der Waals surface area (Å²) in [5, 5.41) is 0. The maximum absolute atomic E-state index is 2.38. The van der Waals surface area contributed by atoms with Gasteiger partial charge in [-0.2, -0.15) is 0 Å². The molecule has 212 valence electrons. The van der Waals surface area contributed by atoms with E-state index in [9.17, 15) is 0 Å². The van der Waals surface area contributed by atoms with Crippen LogP contribution in [0.25, 0.3) is 0 Å². The van der Waals surface area contributed by atoms with Gasteiger partial charge in [0, 0.05) is 0 Å². The van der Waals surface area contributed by atoms with Gasteiger partial charge in [-0.15, -0.1) is 0 Å². The molecule has 0 bridgehead atoms. The third kappa shape index (κ3) is 30.0.